The highest BCUT2D eigenvalue weighted by Crippen LogP contribution is 2.39. The molecule has 0 aliphatic heterocycles. The van der Waals surface area contributed by atoms with E-state index in [1.807, 2.05) is 0 Å². The summed E-state index contributed by atoms with van der Waals surface area (Å²) < 4.78 is 15.6. The minimum atomic E-state index is -3.80. The second-order valence-electron chi connectivity index (χ2n) is 4.44. The lowest BCUT2D eigenvalue weighted by molar-refractivity contribution is -0.145. The van der Waals surface area contributed by atoms with E-state index < -0.39 is 25.6 Å². The Balaban J connectivity index is 3.74. The fourth-order valence-corrected chi connectivity index (χ4v) is 2.26. The predicted octanol–water partition coefficient (Wildman–Crippen LogP) is 2.09. The van der Waals surface area contributed by atoms with Gasteiger partial charge in [0, 0.05) is 13.1 Å². The van der Waals surface area contributed by atoms with Crippen LogP contribution in [0.3, 0.4) is 0 Å². The summed E-state index contributed by atoms with van der Waals surface area (Å²) in [5.74, 6) is -2.07. The number of carboxylic acid groups (broad SMARTS) is 2. The van der Waals surface area contributed by atoms with E-state index in [9.17, 15) is 14.2 Å². The standard InChI is InChI=1S/C11H21O7P/c1-19(16,17)18-9(11(14)15)7-5-3-2-4-6-8-10(12)13/h9H,2-8H2,1H3,(H,12,13)(H,14,15)(H,16,17). The molecule has 7 nitrogen and oxygen atoms in total. The number of carbonyl (C=O) groups is 2. The van der Waals surface area contributed by atoms with E-state index in [-0.39, 0.29) is 12.8 Å². The summed E-state index contributed by atoms with van der Waals surface area (Å²) in [6.07, 6.45) is 2.54. The van der Waals surface area contributed by atoms with Gasteiger partial charge >= 0.3 is 19.5 Å². The Hall–Kier alpha value is -0.910. The van der Waals surface area contributed by atoms with Crippen molar-refractivity contribution in [2.75, 3.05) is 6.66 Å². The maximum atomic E-state index is 11.0. The van der Waals surface area contributed by atoms with Crippen molar-refractivity contribution in [3.05, 3.63) is 0 Å². The number of carboxylic acids is 2. The summed E-state index contributed by atoms with van der Waals surface area (Å²) in [4.78, 5) is 30.0. The average Bonchev–Trinajstić information content (AvgIpc) is 2.23. The van der Waals surface area contributed by atoms with Crippen LogP contribution in [0.4, 0.5) is 0 Å². The van der Waals surface area contributed by atoms with Gasteiger partial charge in [-0.1, -0.05) is 25.7 Å². The fraction of sp³-hybridized carbons (Fsp3) is 0.818. The quantitative estimate of drug-likeness (QED) is 0.394. The molecule has 2 unspecified atom stereocenters. The van der Waals surface area contributed by atoms with Crippen LogP contribution in [0.1, 0.15) is 44.9 Å². The summed E-state index contributed by atoms with van der Waals surface area (Å²) >= 11 is 0. The van der Waals surface area contributed by atoms with Gasteiger partial charge in [-0.2, -0.15) is 0 Å². The molecule has 0 saturated heterocycles. The fourth-order valence-electron chi connectivity index (χ4n) is 1.59. The van der Waals surface area contributed by atoms with Crippen LogP contribution in [0.25, 0.3) is 0 Å². The first-order valence-corrected chi connectivity index (χ1v) is 8.18. The van der Waals surface area contributed by atoms with Crippen LogP contribution < -0.4 is 0 Å². The van der Waals surface area contributed by atoms with Gasteiger partial charge in [0.15, 0.2) is 6.10 Å². The summed E-state index contributed by atoms with van der Waals surface area (Å²) in [5, 5.41) is 17.2. The maximum absolute atomic E-state index is 11.0. The Morgan fingerprint density at radius 2 is 1.63 bits per heavy atom. The van der Waals surface area contributed by atoms with E-state index in [0.29, 0.717) is 12.8 Å². The molecule has 3 N–H and O–H groups in total. The highest BCUT2D eigenvalue weighted by atomic mass is 31.2. The summed E-state index contributed by atoms with van der Waals surface area (Å²) in [6, 6.07) is 0. The third-order valence-electron chi connectivity index (χ3n) is 2.46. The Kier molecular flexibility index (Phi) is 8.63. The molecule has 0 aromatic rings. The van der Waals surface area contributed by atoms with Gasteiger partial charge in [0.25, 0.3) is 0 Å². The molecule has 2 atom stereocenters. The zero-order valence-corrected chi connectivity index (χ0v) is 11.8. The minimum Gasteiger partial charge on any atom is -0.481 e. The van der Waals surface area contributed by atoms with Gasteiger partial charge in [-0.05, 0) is 12.8 Å². The van der Waals surface area contributed by atoms with Gasteiger partial charge in [-0.3, -0.25) is 13.9 Å². The first-order valence-electron chi connectivity index (χ1n) is 6.15. The van der Waals surface area contributed by atoms with E-state index in [1.54, 1.807) is 0 Å². The zero-order valence-electron chi connectivity index (χ0n) is 10.9. The van der Waals surface area contributed by atoms with Crippen molar-refractivity contribution in [1.29, 1.82) is 0 Å². The van der Waals surface area contributed by atoms with E-state index in [0.717, 1.165) is 25.9 Å². The summed E-state index contributed by atoms with van der Waals surface area (Å²) in [6.45, 7) is 0.953. The van der Waals surface area contributed by atoms with Gasteiger partial charge in [0.05, 0.1) is 0 Å². The Bertz CT molecular complexity index is 336. The van der Waals surface area contributed by atoms with Gasteiger partial charge in [0.2, 0.25) is 0 Å². The SMILES string of the molecule is CP(=O)(O)OC(CCCCCCCC(=O)O)C(=O)O. The molecule has 0 aromatic heterocycles. The first kappa shape index (κ1) is 18.1. The largest absolute Gasteiger partial charge is 0.481 e. The minimum absolute atomic E-state index is 0.143. The number of rotatable bonds is 11. The van der Waals surface area contributed by atoms with Crippen LogP contribution in [0.5, 0.6) is 0 Å². The molecule has 0 aromatic carbocycles. The van der Waals surface area contributed by atoms with Crippen molar-refractivity contribution in [3.63, 3.8) is 0 Å². The van der Waals surface area contributed by atoms with Gasteiger partial charge in [0.1, 0.15) is 0 Å². The predicted molar refractivity (Wildman–Crippen MR) is 68.2 cm³/mol. The summed E-state index contributed by atoms with van der Waals surface area (Å²) in [5.41, 5.74) is 0. The molecule has 0 bridgehead atoms. The topological polar surface area (TPSA) is 121 Å². The molecule has 0 aliphatic rings. The third kappa shape index (κ3) is 11.9. The van der Waals surface area contributed by atoms with Crippen LogP contribution in [0.2, 0.25) is 0 Å². The molecule has 112 valence electrons. The molecule has 0 spiro atoms. The zero-order chi connectivity index (χ0) is 14.9. The molecule has 0 rings (SSSR count). The van der Waals surface area contributed by atoms with Crippen LogP contribution in [0, 0.1) is 0 Å². The monoisotopic (exact) mass is 296 g/mol. The van der Waals surface area contributed by atoms with Crippen molar-refractivity contribution in [1.82, 2.24) is 0 Å². The smallest absolute Gasteiger partial charge is 0.333 e. The maximum Gasteiger partial charge on any atom is 0.333 e. The van der Waals surface area contributed by atoms with Crippen LogP contribution >= 0.6 is 7.60 Å². The lowest BCUT2D eigenvalue weighted by atomic mass is 10.1. The number of hydrogen-bond donors (Lipinski definition) is 3. The molecule has 8 heteroatoms. The highest BCUT2D eigenvalue weighted by Gasteiger charge is 2.25. The van der Waals surface area contributed by atoms with Gasteiger partial charge < -0.3 is 15.1 Å². The Labute approximate surface area is 112 Å². The van der Waals surface area contributed by atoms with E-state index in [4.69, 9.17) is 15.1 Å². The summed E-state index contributed by atoms with van der Waals surface area (Å²) in [7, 11) is -3.80. The van der Waals surface area contributed by atoms with Crippen LogP contribution in [-0.2, 0) is 18.7 Å². The van der Waals surface area contributed by atoms with Crippen molar-refractivity contribution >= 4 is 19.5 Å². The second-order valence-corrected chi connectivity index (χ2v) is 6.25. The van der Waals surface area contributed by atoms with Gasteiger partial charge in [-0.25, -0.2) is 4.79 Å². The van der Waals surface area contributed by atoms with Crippen LogP contribution in [0.15, 0.2) is 0 Å². The highest BCUT2D eigenvalue weighted by molar-refractivity contribution is 7.51. The lowest BCUT2D eigenvalue weighted by Crippen LogP contribution is -2.22. The van der Waals surface area contributed by atoms with Crippen molar-refractivity contribution in [3.8, 4) is 0 Å². The van der Waals surface area contributed by atoms with E-state index >= 15 is 0 Å². The molecule has 0 amide bonds. The third-order valence-corrected chi connectivity index (χ3v) is 3.10. The van der Waals surface area contributed by atoms with Crippen LogP contribution in [-0.4, -0.2) is 39.8 Å². The van der Waals surface area contributed by atoms with Crippen molar-refractivity contribution < 1.29 is 33.8 Å². The second kappa shape index (κ2) is 9.07. The number of hydrogen-bond acceptors (Lipinski definition) is 4. The molecular formula is C11H21O7P. The van der Waals surface area contributed by atoms with E-state index in [1.165, 1.54) is 0 Å². The normalized spacial score (nSPS) is 15.7. The molecule has 19 heavy (non-hydrogen) atoms. The molecule has 0 fully saturated rings. The van der Waals surface area contributed by atoms with Crippen molar-refractivity contribution in [2.24, 2.45) is 0 Å². The number of unbranched alkanes of at least 4 members (excludes halogenated alkanes) is 4. The average molecular weight is 296 g/mol. The molecule has 0 radical (unpaired) electrons. The van der Waals surface area contributed by atoms with Gasteiger partial charge in [-0.15, -0.1) is 0 Å². The first-order chi connectivity index (χ1) is 8.72. The van der Waals surface area contributed by atoms with E-state index in [2.05, 4.69) is 4.52 Å². The molecule has 0 saturated carbocycles. The Morgan fingerprint density at radius 1 is 1.11 bits per heavy atom. The molecule has 0 aliphatic carbocycles. The molecule has 0 heterocycles. The Morgan fingerprint density at radius 3 is 2.11 bits per heavy atom. The lowest BCUT2D eigenvalue weighted by Gasteiger charge is -2.15. The van der Waals surface area contributed by atoms with Crippen molar-refractivity contribution in [2.45, 2.75) is 51.0 Å². The number of aliphatic carboxylic acids is 2. The molecular weight excluding hydrogens is 275 g/mol.